The van der Waals surface area contributed by atoms with Crippen LogP contribution in [0.4, 0.5) is 28.2 Å². The summed E-state index contributed by atoms with van der Waals surface area (Å²) >= 11 is 9.54. The van der Waals surface area contributed by atoms with E-state index in [9.17, 15) is 69.4 Å². The number of benzene rings is 4. The van der Waals surface area contributed by atoms with E-state index >= 15 is 0 Å². The van der Waals surface area contributed by atoms with Crippen LogP contribution in [0.25, 0.3) is 44.7 Å². The summed E-state index contributed by atoms with van der Waals surface area (Å²) in [5.74, 6) is -1.33. The molecule has 12 aromatic rings. The van der Waals surface area contributed by atoms with E-state index < -0.39 is 92.1 Å². The highest BCUT2D eigenvalue weighted by Crippen LogP contribution is 2.47. The Morgan fingerprint density at radius 2 is 0.722 bits per heavy atom. The van der Waals surface area contributed by atoms with Gasteiger partial charge in [-0.15, -0.1) is 0 Å². The number of sulfone groups is 1. The molecule has 0 aliphatic carbocycles. The number of ketones is 4. The van der Waals surface area contributed by atoms with Gasteiger partial charge in [0.1, 0.15) is 54.3 Å². The van der Waals surface area contributed by atoms with Crippen molar-refractivity contribution in [2.45, 2.75) is 151 Å². The molecule has 0 spiro atoms. The normalized spacial score (nSPS) is 14.4. The number of nitrogens with one attached hydrogen (secondary N) is 8. The van der Waals surface area contributed by atoms with E-state index in [0.29, 0.717) is 45.2 Å². The first-order chi connectivity index (χ1) is 62.7. The Balaban J connectivity index is 0.000000199. The van der Waals surface area contributed by atoms with E-state index in [1.54, 1.807) is 83.2 Å². The number of aryl methyl sites for hydroxylation is 2. The highest BCUT2D eigenvalue weighted by atomic mass is 79.9. The summed E-state index contributed by atoms with van der Waals surface area (Å²) in [5.41, 5.74) is 26.4. The van der Waals surface area contributed by atoms with Crippen LogP contribution in [0.5, 0.6) is 0 Å². The molecule has 4 aromatic carbocycles. The van der Waals surface area contributed by atoms with Crippen molar-refractivity contribution in [2.24, 2.45) is 0 Å². The smallest absolute Gasteiger partial charge is 0.295 e. The van der Waals surface area contributed by atoms with Gasteiger partial charge in [-0.05, 0) is 139 Å². The lowest BCUT2D eigenvalue weighted by molar-refractivity contribution is -0.119. The Labute approximate surface area is 772 Å². The number of Topliss-reactive ketones (excluding diaryl/α,β-unsaturated/α-hetero) is 4. The third-order valence-electron chi connectivity index (χ3n) is 19.4. The van der Waals surface area contributed by atoms with Crippen molar-refractivity contribution in [3.05, 3.63) is 200 Å². The number of rotatable bonds is 45. The molecule has 0 saturated carbocycles. The maximum Gasteiger partial charge on any atom is 0.295 e. The average Bonchev–Trinajstić information content (AvgIpc) is 1.67. The Morgan fingerprint density at radius 1 is 0.444 bits per heavy atom. The molecule has 54 heteroatoms. The van der Waals surface area contributed by atoms with Crippen molar-refractivity contribution < 1.29 is 87.3 Å². The number of anilines is 4. The van der Waals surface area contributed by atoms with Crippen LogP contribution in [-0.4, -0.2) is 192 Å². The topological polar surface area (TPSA) is 651 Å². The summed E-state index contributed by atoms with van der Waals surface area (Å²) in [5, 5.41) is 11.5. The molecule has 0 fully saturated rings. The number of hydrogen-bond donors (Lipinski definition) is 12. The van der Waals surface area contributed by atoms with Gasteiger partial charge in [0.05, 0.1) is 107 Å². The molecular formula is C79H103BrClFN24O22P4S. The zero-order valence-electron chi connectivity index (χ0n) is 74.0. The van der Waals surface area contributed by atoms with E-state index in [0.717, 1.165) is 27.4 Å². The summed E-state index contributed by atoms with van der Waals surface area (Å²) in [6.45, 7) is 16.7. The number of nitrogens with zero attached hydrogens (tertiary/aromatic N) is 12. The molecule has 12 rings (SSSR count). The molecule has 16 N–H and O–H groups in total. The molecule has 8 atom stereocenters. The van der Waals surface area contributed by atoms with Gasteiger partial charge in [0.15, 0.2) is 54.5 Å². The number of aromatic nitrogens is 16. The van der Waals surface area contributed by atoms with Gasteiger partial charge in [0.2, 0.25) is 23.8 Å². The van der Waals surface area contributed by atoms with Crippen LogP contribution in [0.3, 0.4) is 0 Å². The van der Waals surface area contributed by atoms with E-state index in [1.165, 1.54) is 71.2 Å². The number of hydrogen-bond acceptors (Lipinski definition) is 34. The number of imidazole rings is 4. The number of nitrogen functional groups attached to an aromatic ring is 4. The lowest BCUT2D eigenvalue weighted by Gasteiger charge is -2.23. The van der Waals surface area contributed by atoms with Crippen LogP contribution in [0.1, 0.15) is 88.8 Å². The summed E-state index contributed by atoms with van der Waals surface area (Å²) < 4.78 is 143. The Hall–Kier alpha value is -10.8. The van der Waals surface area contributed by atoms with Gasteiger partial charge in [-0.2, -0.15) is 19.9 Å². The number of aromatic amines is 4. The molecule has 0 amide bonds. The van der Waals surface area contributed by atoms with Crippen molar-refractivity contribution in [1.82, 2.24) is 98.4 Å². The second-order valence-corrected chi connectivity index (χ2v) is 42.1. The summed E-state index contributed by atoms with van der Waals surface area (Å²) in [6.07, 6.45) is 5.66. The minimum Gasteiger partial charge on any atom is -0.369 e. The van der Waals surface area contributed by atoms with Gasteiger partial charge < -0.3 is 78.2 Å². The van der Waals surface area contributed by atoms with E-state index in [2.05, 4.69) is 96.1 Å². The monoisotopic (exact) mass is 2030 g/mol. The fourth-order valence-electron chi connectivity index (χ4n) is 11.5. The molecule has 4 unspecified atom stereocenters. The molecule has 0 aliphatic heterocycles. The first-order valence-electron chi connectivity index (χ1n) is 40.4. The Morgan fingerprint density at radius 3 is 1.00 bits per heavy atom. The van der Waals surface area contributed by atoms with Crippen molar-refractivity contribution in [3.8, 4) is 0 Å². The molecule has 8 heterocycles. The number of carbonyl (C=O) groups is 4. The van der Waals surface area contributed by atoms with Crippen molar-refractivity contribution in [1.29, 1.82) is 0 Å². The molecular weight excluding hydrogens is 1930 g/mol. The van der Waals surface area contributed by atoms with E-state index in [4.69, 9.17) is 71.6 Å². The number of ether oxygens (including phenoxy) is 4. The first kappa shape index (κ1) is 106. The van der Waals surface area contributed by atoms with Crippen LogP contribution in [0, 0.1) is 19.7 Å². The van der Waals surface area contributed by atoms with Crippen LogP contribution in [0.2, 0.25) is 5.02 Å². The molecule has 0 radical (unpaired) electrons. The van der Waals surface area contributed by atoms with E-state index in [1.807, 2.05) is 43.3 Å². The minimum atomic E-state index is -3.64. The minimum absolute atomic E-state index is 0.0157. The fraction of sp³-hybridized carbons (Fsp3) is 0.392. The fourth-order valence-corrected chi connectivity index (χ4v) is 19.7. The standard InChI is InChI=1S/C20H26ClN6O5P.C20H26FN6O5P.C20H27N6O7PS.C19H24BrN6O5P/c2*1-12-4-5-15(8-16(12)21)9-32-33(30,26-13(2)14(3)28)11-31-7-6-27-10-23-17-18(27)24-20(22)25-19(17)29;1-13(14(2)27)25-34(29,33-10-15-4-6-16(7-5-15)35(3,30)31)12-32-9-8-26-11-22-17-18(26)23-20(21)24-19(17)28;1-12(13(2)27)25-32(29,31-9-14-4-3-5-15(20)8-14)11-30-7-6-26-10-22-16-17(26)23-19(21)24-18(16)28/h2*4-5,8,10,13H,6-7,9,11H2,1-3H3,(H,26,30)(H3,22,24,25,29);4-7,11,13H,8-10,12H2,1-3H3,(H,25,29)(H3,21,23,24,28);3-5,8,10,12H,6-7,9,11H2,1-2H3,(H,25,29)(H3,21,23,24,28)/t2*13-,33?;13-,34?;12-,32?/m1111/s1. The lowest BCUT2D eigenvalue weighted by Crippen LogP contribution is -2.32. The van der Waals surface area contributed by atoms with Crippen molar-refractivity contribution in [3.63, 3.8) is 0 Å². The second kappa shape index (κ2) is 47.9. The van der Waals surface area contributed by atoms with Crippen LogP contribution >= 0.6 is 57.6 Å². The number of fused-ring (bicyclic) bond motifs is 4. The molecule has 8 aromatic heterocycles. The highest BCUT2D eigenvalue weighted by molar-refractivity contribution is 9.10. The second-order valence-electron chi connectivity index (χ2n) is 30.2. The number of H-pyrrole nitrogens is 4. The van der Waals surface area contributed by atoms with Gasteiger partial charge in [-0.25, -0.2) is 53.1 Å². The van der Waals surface area contributed by atoms with E-state index in [-0.39, 0.29) is 177 Å². The molecule has 718 valence electrons. The van der Waals surface area contributed by atoms with Crippen molar-refractivity contribution >= 4 is 159 Å². The quantitative estimate of drug-likeness (QED) is 0.0126. The third-order valence-corrected chi connectivity index (χ3v) is 28.8. The molecule has 46 nitrogen and oxygen atoms in total. The van der Waals surface area contributed by atoms with Gasteiger partial charge in [0, 0.05) is 41.9 Å². The predicted octanol–water partition coefficient (Wildman–Crippen LogP) is 8.19. The maximum absolute atomic E-state index is 13.8. The zero-order chi connectivity index (χ0) is 97.5. The van der Waals surface area contributed by atoms with Crippen LogP contribution < -0.4 is 65.5 Å². The van der Waals surface area contributed by atoms with Crippen molar-refractivity contribution in [2.75, 3.05) is 81.0 Å². The lowest BCUT2D eigenvalue weighted by atomic mass is 10.1. The molecule has 0 aliphatic rings. The van der Waals surface area contributed by atoms with Gasteiger partial charge in [-0.1, -0.05) is 76.1 Å². The Kier molecular flexibility index (Phi) is 38.2. The third kappa shape index (κ3) is 31.7. The molecule has 0 saturated heterocycles. The summed E-state index contributed by atoms with van der Waals surface area (Å²) in [6, 6.07) is 20.5. The largest absolute Gasteiger partial charge is 0.369 e. The summed E-state index contributed by atoms with van der Waals surface area (Å²) in [7, 11) is -17.7. The highest BCUT2D eigenvalue weighted by Gasteiger charge is 2.33. The molecule has 0 bridgehead atoms. The average molecular weight is 2030 g/mol. The van der Waals surface area contributed by atoms with Crippen LogP contribution in [0.15, 0.2) is 139 Å². The Bertz CT molecular complexity index is 6550. The number of carbonyl (C=O) groups excluding carboxylic acids is 4. The first-order valence-corrected chi connectivity index (χ1v) is 50.7. The van der Waals surface area contributed by atoms with Crippen LogP contribution in [-0.2, 0) is 137 Å². The number of nitrogens with two attached hydrogens (primary N) is 4. The zero-order valence-corrected chi connectivity index (χ0v) is 80.7. The van der Waals surface area contributed by atoms with Gasteiger partial charge in [0.25, 0.3) is 52.3 Å². The predicted molar refractivity (Wildman–Crippen MR) is 497 cm³/mol. The molecule has 133 heavy (non-hydrogen) atoms. The number of halogens is 3. The SMILES string of the molecule is CC(=O)[C@@H](C)NP(=O)(COCCn1cnc2c(=O)[nH]c(N)nc21)OCc1ccc(C)c(Cl)c1.CC(=O)[C@@H](C)NP(=O)(COCCn1cnc2c(=O)[nH]c(N)nc21)OCc1ccc(C)c(F)c1.CC(=O)[C@@H](C)NP(=O)(COCCn1cnc2c(=O)[nH]c(N)nc21)OCc1ccc(S(C)(=O)=O)cc1.CC(=O)[C@@H](C)NP(=O)(COCCn1cnc2c(=O)[nH]c(N)nc21)OCc1cccc(Br)c1. The van der Waals surface area contributed by atoms with Gasteiger partial charge >= 0.3 is 0 Å². The maximum atomic E-state index is 13.8. The van der Waals surface area contributed by atoms with Gasteiger partial charge in [-0.3, -0.25) is 76.6 Å². The summed E-state index contributed by atoms with van der Waals surface area (Å²) in [4.78, 5) is 136.